The number of anilines is 2. The van der Waals surface area contributed by atoms with E-state index >= 15 is 0 Å². The summed E-state index contributed by atoms with van der Waals surface area (Å²) in [6.45, 7) is 3.63. The summed E-state index contributed by atoms with van der Waals surface area (Å²) in [6, 6.07) is 5.37. The highest BCUT2D eigenvalue weighted by atomic mass is 79.9. The first-order chi connectivity index (χ1) is 9.27. The van der Waals surface area contributed by atoms with Gasteiger partial charge in [0.25, 0.3) is 0 Å². The second-order valence-electron chi connectivity index (χ2n) is 4.47. The van der Waals surface area contributed by atoms with Gasteiger partial charge in [-0.05, 0) is 59.1 Å². The van der Waals surface area contributed by atoms with E-state index in [4.69, 9.17) is 0 Å². The summed E-state index contributed by atoms with van der Waals surface area (Å²) < 4.78 is 39.0. The predicted octanol–water partition coefficient (Wildman–Crippen LogP) is 5.22. The number of hydrogen-bond donors (Lipinski definition) is 1. The average molecular weight is 345 g/mol. The van der Waals surface area contributed by atoms with Crippen molar-refractivity contribution in [2.45, 2.75) is 20.0 Å². The molecule has 0 saturated carbocycles. The first-order valence-corrected chi connectivity index (χ1v) is 6.63. The first-order valence-electron chi connectivity index (χ1n) is 5.84. The van der Waals surface area contributed by atoms with Crippen LogP contribution >= 0.6 is 15.9 Å². The highest BCUT2D eigenvalue weighted by Crippen LogP contribution is 2.33. The third-order valence-corrected chi connectivity index (χ3v) is 3.70. The normalized spacial score (nSPS) is 11.5. The Morgan fingerprint density at radius 3 is 2.40 bits per heavy atom. The molecule has 2 rings (SSSR count). The number of pyridine rings is 1. The molecule has 106 valence electrons. The number of aromatic nitrogens is 1. The number of aryl methyl sites for hydroxylation is 2. The maximum atomic E-state index is 12.7. The van der Waals surface area contributed by atoms with Gasteiger partial charge in [-0.25, -0.2) is 4.98 Å². The van der Waals surface area contributed by atoms with Crippen LogP contribution in [0.1, 0.15) is 16.7 Å². The second kappa shape index (κ2) is 5.44. The molecular weight excluding hydrogens is 333 g/mol. The average Bonchev–Trinajstić information content (AvgIpc) is 2.35. The summed E-state index contributed by atoms with van der Waals surface area (Å²) in [7, 11) is 0. The fraction of sp³-hybridized carbons (Fsp3) is 0.214. The molecule has 2 nitrogen and oxygen atoms in total. The fourth-order valence-electron chi connectivity index (χ4n) is 1.68. The number of halogens is 4. The van der Waals surface area contributed by atoms with Gasteiger partial charge in [-0.1, -0.05) is 6.07 Å². The zero-order valence-electron chi connectivity index (χ0n) is 10.8. The lowest BCUT2D eigenvalue weighted by atomic mass is 10.1. The van der Waals surface area contributed by atoms with Crippen molar-refractivity contribution in [3.63, 3.8) is 0 Å². The molecule has 0 aliphatic rings. The summed E-state index contributed by atoms with van der Waals surface area (Å²) in [5.74, 6) is 0.508. The highest BCUT2D eigenvalue weighted by molar-refractivity contribution is 9.10. The van der Waals surface area contributed by atoms with E-state index in [1.54, 1.807) is 19.2 Å². The molecule has 2 aromatic rings. The zero-order chi connectivity index (χ0) is 14.9. The lowest BCUT2D eigenvalue weighted by Gasteiger charge is -2.13. The van der Waals surface area contributed by atoms with Gasteiger partial charge >= 0.3 is 6.18 Å². The third kappa shape index (κ3) is 3.30. The van der Waals surface area contributed by atoms with Crippen LogP contribution in [-0.4, -0.2) is 4.98 Å². The molecular formula is C14H12BrF3N2. The van der Waals surface area contributed by atoms with Gasteiger partial charge in [-0.3, -0.25) is 0 Å². The van der Waals surface area contributed by atoms with Crippen LogP contribution in [0.25, 0.3) is 0 Å². The summed E-state index contributed by atoms with van der Waals surface area (Å²) in [6.07, 6.45) is -2.74. The van der Waals surface area contributed by atoms with Crippen LogP contribution in [0.2, 0.25) is 0 Å². The fourth-order valence-corrected chi connectivity index (χ4v) is 1.90. The molecule has 1 aromatic heterocycles. The maximum absolute atomic E-state index is 12.7. The number of alkyl halides is 3. The van der Waals surface area contributed by atoms with Gasteiger partial charge in [-0.15, -0.1) is 0 Å². The minimum atomic E-state index is -4.35. The van der Waals surface area contributed by atoms with Crippen LogP contribution < -0.4 is 5.32 Å². The van der Waals surface area contributed by atoms with Gasteiger partial charge in [0.1, 0.15) is 5.82 Å². The predicted molar refractivity (Wildman–Crippen MR) is 76.1 cm³/mol. The molecule has 0 unspecified atom stereocenters. The van der Waals surface area contributed by atoms with Crippen LogP contribution in [0, 0.1) is 13.8 Å². The molecule has 0 spiro atoms. The summed E-state index contributed by atoms with van der Waals surface area (Å²) in [5.41, 5.74) is 1.39. The standard InChI is InChI=1S/C14H12BrF3N2/c1-8-3-4-10(14(16,17)18)6-12(8)20-13-5-9(2)11(15)7-19-13/h3-7H,1-2H3,(H,19,20). The zero-order valence-corrected chi connectivity index (χ0v) is 12.4. The highest BCUT2D eigenvalue weighted by Gasteiger charge is 2.30. The number of benzene rings is 1. The third-order valence-electron chi connectivity index (χ3n) is 2.87. The lowest BCUT2D eigenvalue weighted by molar-refractivity contribution is -0.137. The van der Waals surface area contributed by atoms with Gasteiger partial charge in [0.2, 0.25) is 0 Å². The van der Waals surface area contributed by atoms with Gasteiger partial charge < -0.3 is 5.32 Å². The molecule has 1 aromatic carbocycles. The van der Waals surface area contributed by atoms with Crippen molar-refractivity contribution in [1.29, 1.82) is 0 Å². The maximum Gasteiger partial charge on any atom is 0.416 e. The number of hydrogen-bond acceptors (Lipinski definition) is 2. The van der Waals surface area contributed by atoms with Gasteiger partial charge in [0.15, 0.2) is 0 Å². The van der Waals surface area contributed by atoms with E-state index in [1.807, 2.05) is 6.92 Å². The molecule has 0 saturated heterocycles. The molecule has 1 heterocycles. The van der Waals surface area contributed by atoms with Gasteiger partial charge in [-0.2, -0.15) is 13.2 Å². The van der Waals surface area contributed by atoms with Crippen molar-refractivity contribution in [2.75, 3.05) is 5.32 Å². The van der Waals surface area contributed by atoms with Crippen molar-refractivity contribution in [2.24, 2.45) is 0 Å². The van der Waals surface area contributed by atoms with Crippen LogP contribution in [0.3, 0.4) is 0 Å². The Balaban J connectivity index is 2.35. The van der Waals surface area contributed by atoms with Crippen molar-refractivity contribution < 1.29 is 13.2 Å². The Morgan fingerprint density at radius 2 is 1.80 bits per heavy atom. The lowest BCUT2D eigenvalue weighted by Crippen LogP contribution is -2.06. The van der Waals surface area contributed by atoms with E-state index in [0.29, 0.717) is 11.5 Å². The smallest absolute Gasteiger partial charge is 0.340 e. The van der Waals surface area contributed by atoms with Crippen LogP contribution in [0.5, 0.6) is 0 Å². The van der Waals surface area contributed by atoms with E-state index in [-0.39, 0.29) is 0 Å². The molecule has 0 amide bonds. The SMILES string of the molecule is Cc1cc(Nc2cc(C(F)(F)F)ccc2C)ncc1Br. The molecule has 0 fully saturated rings. The number of nitrogens with one attached hydrogen (secondary N) is 1. The van der Waals surface area contributed by atoms with Crippen molar-refractivity contribution in [3.8, 4) is 0 Å². The molecule has 0 aliphatic carbocycles. The Hall–Kier alpha value is -1.56. The van der Waals surface area contributed by atoms with Crippen molar-refractivity contribution in [1.82, 2.24) is 4.98 Å². The van der Waals surface area contributed by atoms with Crippen molar-refractivity contribution in [3.05, 3.63) is 51.6 Å². The molecule has 0 bridgehead atoms. The van der Waals surface area contributed by atoms with E-state index in [9.17, 15) is 13.2 Å². The van der Waals surface area contributed by atoms with Gasteiger partial charge in [0, 0.05) is 16.4 Å². The molecule has 6 heteroatoms. The van der Waals surface area contributed by atoms with E-state index < -0.39 is 11.7 Å². The second-order valence-corrected chi connectivity index (χ2v) is 5.33. The van der Waals surface area contributed by atoms with E-state index in [1.165, 1.54) is 6.07 Å². The largest absolute Gasteiger partial charge is 0.416 e. The van der Waals surface area contributed by atoms with Crippen LogP contribution in [0.15, 0.2) is 34.9 Å². The number of nitrogens with zero attached hydrogens (tertiary/aromatic N) is 1. The topological polar surface area (TPSA) is 24.9 Å². The number of rotatable bonds is 2. The van der Waals surface area contributed by atoms with E-state index in [2.05, 4.69) is 26.2 Å². The molecule has 20 heavy (non-hydrogen) atoms. The van der Waals surface area contributed by atoms with Gasteiger partial charge in [0.05, 0.1) is 5.56 Å². The van der Waals surface area contributed by atoms with Crippen LogP contribution in [-0.2, 0) is 6.18 Å². The minimum absolute atomic E-state index is 0.397. The monoisotopic (exact) mass is 344 g/mol. The molecule has 1 N–H and O–H groups in total. The quantitative estimate of drug-likeness (QED) is 0.807. The van der Waals surface area contributed by atoms with Crippen LogP contribution in [0.4, 0.5) is 24.7 Å². The van der Waals surface area contributed by atoms with E-state index in [0.717, 1.165) is 27.7 Å². The molecule has 0 aliphatic heterocycles. The Morgan fingerprint density at radius 1 is 1.10 bits per heavy atom. The Bertz CT molecular complexity index is 639. The summed E-state index contributed by atoms with van der Waals surface area (Å²) in [4.78, 5) is 4.13. The molecule has 0 atom stereocenters. The molecule has 0 radical (unpaired) electrons. The summed E-state index contributed by atoms with van der Waals surface area (Å²) >= 11 is 3.33. The summed E-state index contributed by atoms with van der Waals surface area (Å²) in [5, 5.41) is 2.92. The minimum Gasteiger partial charge on any atom is -0.340 e. The Labute approximate surface area is 123 Å². The van der Waals surface area contributed by atoms with Crippen molar-refractivity contribution >= 4 is 27.4 Å². The first kappa shape index (κ1) is 14.8. The Kier molecular flexibility index (Phi) is 4.04.